The molecule has 24 heavy (non-hydrogen) atoms. The van der Waals surface area contributed by atoms with Gasteiger partial charge in [-0.25, -0.2) is 4.98 Å². The maximum atomic E-state index is 12.3. The van der Waals surface area contributed by atoms with Gasteiger partial charge in [-0.05, 0) is 36.4 Å². The highest BCUT2D eigenvalue weighted by molar-refractivity contribution is 6.07. The van der Waals surface area contributed by atoms with Gasteiger partial charge >= 0.3 is 0 Å². The van der Waals surface area contributed by atoms with Crippen LogP contribution in [0.3, 0.4) is 0 Å². The Morgan fingerprint density at radius 2 is 1.92 bits per heavy atom. The van der Waals surface area contributed by atoms with Crippen molar-refractivity contribution in [3.05, 3.63) is 66.0 Å². The zero-order valence-corrected chi connectivity index (χ0v) is 13.5. The fourth-order valence-electron chi connectivity index (χ4n) is 2.51. The van der Waals surface area contributed by atoms with Gasteiger partial charge in [0, 0.05) is 25.2 Å². The van der Waals surface area contributed by atoms with Crippen LogP contribution in [-0.2, 0) is 11.8 Å². The molecular weight excluding hydrogens is 302 g/mol. The number of allylic oxidation sites excluding steroid dienone is 1. The third-order valence-electron chi connectivity index (χ3n) is 3.67. The van der Waals surface area contributed by atoms with Crippen molar-refractivity contribution < 1.29 is 9.59 Å². The van der Waals surface area contributed by atoms with Crippen molar-refractivity contribution >= 4 is 34.5 Å². The molecule has 0 saturated carbocycles. The molecule has 0 unspecified atom stereocenters. The lowest BCUT2D eigenvalue weighted by Crippen LogP contribution is -2.06. The minimum absolute atomic E-state index is 0.144. The lowest BCUT2D eigenvalue weighted by atomic mass is 10.1. The maximum Gasteiger partial charge on any atom is 0.221 e. The lowest BCUT2D eigenvalue weighted by Gasteiger charge is -2.03. The molecule has 1 N–H and O–H groups in total. The zero-order chi connectivity index (χ0) is 17.1. The number of hydrogen-bond acceptors (Lipinski definition) is 3. The van der Waals surface area contributed by atoms with Gasteiger partial charge in [0.25, 0.3) is 0 Å². The molecule has 0 atom stereocenters. The molecular formula is C19H17N3O2. The molecule has 3 rings (SSSR count). The van der Waals surface area contributed by atoms with E-state index in [1.54, 1.807) is 30.3 Å². The number of nitrogens with zero attached hydrogens (tertiary/aromatic N) is 2. The van der Waals surface area contributed by atoms with Gasteiger partial charge in [0.05, 0.1) is 11.0 Å². The molecule has 5 heteroatoms. The Labute approximate surface area is 139 Å². The largest absolute Gasteiger partial charge is 0.328 e. The number of benzene rings is 2. The molecule has 1 amide bonds. The van der Waals surface area contributed by atoms with Crippen LogP contribution in [0.5, 0.6) is 0 Å². The topological polar surface area (TPSA) is 64.0 Å². The number of aryl methyl sites for hydroxylation is 1. The van der Waals surface area contributed by atoms with Crippen molar-refractivity contribution in [1.29, 1.82) is 0 Å². The second kappa shape index (κ2) is 6.50. The van der Waals surface area contributed by atoms with Gasteiger partial charge < -0.3 is 9.88 Å². The van der Waals surface area contributed by atoms with E-state index in [2.05, 4.69) is 10.3 Å². The summed E-state index contributed by atoms with van der Waals surface area (Å²) in [5, 5.41) is 2.67. The Morgan fingerprint density at radius 3 is 2.67 bits per heavy atom. The summed E-state index contributed by atoms with van der Waals surface area (Å²) in [6, 6.07) is 14.7. The molecule has 5 nitrogen and oxygen atoms in total. The number of hydrogen-bond donors (Lipinski definition) is 1. The molecule has 1 heterocycles. The van der Waals surface area contributed by atoms with E-state index >= 15 is 0 Å². The predicted molar refractivity (Wildman–Crippen MR) is 94.8 cm³/mol. The van der Waals surface area contributed by atoms with Crippen molar-refractivity contribution in [3.8, 4) is 0 Å². The van der Waals surface area contributed by atoms with Gasteiger partial charge in [-0.2, -0.15) is 0 Å². The predicted octanol–water partition coefficient (Wildman–Crippen LogP) is 3.43. The number of rotatable bonds is 4. The quantitative estimate of drug-likeness (QED) is 0.592. The van der Waals surface area contributed by atoms with Crippen LogP contribution >= 0.6 is 0 Å². The van der Waals surface area contributed by atoms with Gasteiger partial charge in [-0.1, -0.05) is 24.3 Å². The van der Waals surface area contributed by atoms with Gasteiger partial charge in [0.15, 0.2) is 5.78 Å². The third kappa shape index (κ3) is 3.25. The SMILES string of the molecule is CC(=O)Nc1cccc(C(=O)C=Cc2nc3ccccc3n2C)c1. The van der Waals surface area contributed by atoms with Crippen molar-refractivity contribution in [2.75, 3.05) is 5.32 Å². The zero-order valence-electron chi connectivity index (χ0n) is 13.5. The molecule has 0 saturated heterocycles. The number of aromatic nitrogens is 2. The monoisotopic (exact) mass is 319 g/mol. The smallest absolute Gasteiger partial charge is 0.221 e. The second-order valence-corrected chi connectivity index (χ2v) is 5.48. The van der Waals surface area contributed by atoms with Crippen LogP contribution in [0.2, 0.25) is 0 Å². The van der Waals surface area contributed by atoms with Crippen LogP contribution < -0.4 is 5.32 Å². The molecule has 0 radical (unpaired) electrons. The standard InChI is InChI=1S/C19H17N3O2/c1-13(23)20-15-7-5-6-14(12-15)18(24)10-11-19-21-16-8-3-4-9-17(16)22(19)2/h3-12H,1-2H3,(H,20,23). The molecule has 1 aromatic heterocycles. The Kier molecular flexibility index (Phi) is 4.24. The molecule has 120 valence electrons. The fraction of sp³-hybridized carbons (Fsp3) is 0.105. The normalized spacial score (nSPS) is 11.1. The van der Waals surface area contributed by atoms with E-state index in [1.165, 1.54) is 13.0 Å². The molecule has 2 aromatic carbocycles. The molecule has 0 bridgehead atoms. The average molecular weight is 319 g/mol. The number of amides is 1. The summed E-state index contributed by atoms with van der Waals surface area (Å²) >= 11 is 0. The van der Waals surface area contributed by atoms with Crippen LogP contribution in [0.25, 0.3) is 17.1 Å². The van der Waals surface area contributed by atoms with E-state index in [-0.39, 0.29) is 11.7 Å². The number of imidazole rings is 1. The van der Waals surface area contributed by atoms with E-state index in [0.717, 1.165) is 11.0 Å². The number of ketones is 1. The number of fused-ring (bicyclic) bond motifs is 1. The van der Waals surface area contributed by atoms with E-state index in [4.69, 9.17) is 0 Å². The summed E-state index contributed by atoms with van der Waals surface area (Å²) in [6.45, 7) is 1.43. The number of anilines is 1. The molecule has 3 aromatic rings. The first-order valence-corrected chi connectivity index (χ1v) is 7.56. The van der Waals surface area contributed by atoms with Crippen LogP contribution in [-0.4, -0.2) is 21.2 Å². The number of para-hydroxylation sites is 2. The van der Waals surface area contributed by atoms with E-state index < -0.39 is 0 Å². The molecule has 0 fully saturated rings. The summed E-state index contributed by atoms with van der Waals surface area (Å²) in [6.07, 6.45) is 3.20. The molecule has 0 aliphatic rings. The van der Waals surface area contributed by atoms with Crippen molar-refractivity contribution in [2.45, 2.75) is 6.92 Å². The minimum atomic E-state index is -0.171. The fourth-order valence-corrected chi connectivity index (χ4v) is 2.51. The van der Waals surface area contributed by atoms with E-state index in [1.807, 2.05) is 35.9 Å². The van der Waals surface area contributed by atoms with Crippen molar-refractivity contribution in [2.24, 2.45) is 7.05 Å². The second-order valence-electron chi connectivity index (χ2n) is 5.48. The van der Waals surface area contributed by atoms with Gasteiger partial charge in [-0.3, -0.25) is 9.59 Å². The highest BCUT2D eigenvalue weighted by Gasteiger charge is 2.07. The van der Waals surface area contributed by atoms with Crippen LogP contribution in [0.15, 0.2) is 54.6 Å². The highest BCUT2D eigenvalue weighted by atomic mass is 16.1. The molecule has 0 spiro atoms. The average Bonchev–Trinajstić information content (AvgIpc) is 2.89. The lowest BCUT2D eigenvalue weighted by molar-refractivity contribution is -0.114. The van der Waals surface area contributed by atoms with Crippen LogP contribution in [0.1, 0.15) is 23.1 Å². The first kappa shape index (κ1) is 15.7. The maximum absolute atomic E-state index is 12.3. The van der Waals surface area contributed by atoms with E-state index in [9.17, 15) is 9.59 Å². The molecule has 0 aliphatic carbocycles. The van der Waals surface area contributed by atoms with Gasteiger partial charge in [-0.15, -0.1) is 0 Å². The van der Waals surface area contributed by atoms with Crippen molar-refractivity contribution in [3.63, 3.8) is 0 Å². The van der Waals surface area contributed by atoms with Crippen LogP contribution in [0.4, 0.5) is 5.69 Å². The minimum Gasteiger partial charge on any atom is -0.328 e. The number of carbonyl (C=O) groups is 2. The summed E-state index contributed by atoms with van der Waals surface area (Å²) in [5.74, 6) is 0.395. The Balaban J connectivity index is 1.84. The highest BCUT2D eigenvalue weighted by Crippen LogP contribution is 2.16. The number of nitrogens with one attached hydrogen (secondary N) is 1. The van der Waals surface area contributed by atoms with Crippen LogP contribution in [0, 0.1) is 0 Å². The van der Waals surface area contributed by atoms with Crippen molar-refractivity contribution in [1.82, 2.24) is 9.55 Å². The van der Waals surface area contributed by atoms with Gasteiger partial charge in [0.1, 0.15) is 5.82 Å². The third-order valence-corrected chi connectivity index (χ3v) is 3.67. The van der Waals surface area contributed by atoms with E-state index in [0.29, 0.717) is 17.1 Å². The summed E-state index contributed by atoms with van der Waals surface area (Å²) in [4.78, 5) is 28.0. The Bertz CT molecular complexity index is 954. The Morgan fingerprint density at radius 1 is 1.12 bits per heavy atom. The summed E-state index contributed by atoms with van der Waals surface area (Å²) < 4.78 is 1.94. The molecule has 0 aliphatic heterocycles. The Hall–Kier alpha value is -3.21. The first-order chi connectivity index (χ1) is 11.5. The summed E-state index contributed by atoms with van der Waals surface area (Å²) in [5.41, 5.74) is 3.01. The van der Waals surface area contributed by atoms with Gasteiger partial charge in [0.2, 0.25) is 5.91 Å². The number of carbonyl (C=O) groups excluding carboxylic acids is 2. The first-order valence-electron chi connectivity index (χ1n) is 7.56. The summed E-state index contributed by atoms with van der Waals surface area (Å²) in [7, 11) is 1.91.